The van der Waals surface area contributed by atoms with E-state index in [2.05, 4.69) is 10.3 Å². The molecule has 1 aromatic heterocycles. The zero-order valence-electron chi connectivity index (χ0n) is 8.01. The minimum Gasteiger partial charge on any atom is -0.309 e. The van der Waals surface area contributed by atoms with Gasteiger partial charge in [0.2, 0.25) is 0 Å². The number of alkyl halides is 3. The minimum atomic E-state index is -4.31. The average Bonchev–Trinajstić information content (AvgIpc) is 2.69. The van der Waals surface area contributed by atoms with Crippen LogP contribution in [0.5, 0.6) is 0 Å². The van der Waals surface area contributed by atoms with E-state index in [1.807, 2.05) is 0 Å². The number of aromatic nitrogens is 1. The molecule has 5 heteroatoms. The van der Waals surface area contributed by atoms with E-state index in [0.29, 0.717) is 0 Å². The highest BCUT2D eigenvalue weighted by Crippen LogP contribution is 2.35. The summed E-state index contributed by atoms with van der Waals surface area (Å²) in [5.41, 5.74) is -0.494. The first-order chi connectivity index (χ1) is 7.09. The second-order valence-electron chi connectivity index (χ2n) is 3.58. The van der Waals surface area contributed by atoms with E-state index < -0.39 is 11.7 Å². The van der Waals surface area contributed by atoms with Crippen molar-refractivity contribution in [3.63, 3.8) is 0 Å². The summed E-state index contributed by atoms with van der Waals surface area (Å²) >= 11 is 0. The molecular formula is C10H11F3N2. The molecule has 0 unspecified atom stereocenters. The van der Waals surface area contributed by atoms with E-state index in [1.165, 1.54) is 12.3 Å². The third-order valence-corrected chi connectivity index (χ3v) is 2.53. The van der Waals surface area contributed by atoms with Crippen LogP contribution in [-0.2, 0) is 6.18 Å². The fraction of sp³-hybridized carbons (Fsp3) is 0.500. The van der Waals surface area contributed by atoms with Gasteiger partial charge in [0.1, 0.15) is 0 Å². The molecule has 2 heterocycles. The van der Waals surface area contributed by atoms with E-state index in [-0.39, 0.29) is 11.7 Å². The van der Waals surface area contributed by atoms with Gasteiger partial charge in [0.15, 0.2) is 0 Å². The van der Waals surface area contributed by atoms with Gasteiger partial charge in [0.05, 0.1) is 17.3 Å². The molecule has 82 valence electrons. The zero-order valence-corrected chi connectivity index (χ0v) is 8.01. The first-order valence-corrected chi connectivity index (χ1v) is 4.84. The van der Waals surface area contributed by atoms with E-state index in [9.17, 15) is 13.2 Å². The Balaban J connectivity index is 2.37. The zero-order chi connectivity index (χ0) is 10.9. The summed E-state index contributed by atoms with van der Waals surface area (Å²) < 4.78 is 37.9. The van der Waals surface area contributed by atoms with Crippen molar-refractivity contribution in [1.29, 1.82) is 0 Å². The van der Waals surface area contributed by atoms with E-state index in [1.54, 1.807) is 0 Å². The number of pyridine rings is 1. The van der Waals surface area contributed by atoms with Crippen molar-refractivity contribution >= 4 is 0 Å². The maximum absolute atomic E-state index is 12.6. The van der Waals surface area contributed by atoms with Crippen molar-refractivity contribution in [3.05, 3.63) is 29.6 Å². The van der Waals surface area contributed by atoms with Crippen LogP contribution >= 0.6 is 0 Å². The highest BCUT2D eigenvalue weighted by atomic mass is 19.4. The number of nitrogens with zero attached hydrogens (tertiary/aromatic N) is 1. The normalized spacial score (nSPS) is 21.9. The van der Waals surface area contributed by atoms with Gasteiger partial charge in [-0.25, -0.2) is 0 Å². The second kappa shape index (κ2) is 3.81. The van der Waals surface area contributed by atoms with Crippen LogP contribution in [-0.4, -0.2) is 11.5 Å². The number of rotatable bonds is 1. The van der Waals surface area contributed by atoms with Gasteiger partial charge in [-0.1, -0.05) is 0 Å². The van der Waals surface area contributed by atoms with Gasteiger partial charge in [-0.05, 0) is 31.5 Å². The van der Waals surface area contributed by atoms with Gasteiger partial charge >= 0.3 is 6.18 Å². The molecule has 0 aromatic carbocycles. The Hall–Kier alpha value is -1.10. The summed E-state index contributed by atoms with van der Waals surface area (Å²) in [5, 5.41) is 3.02. The Labute approximate surface area is 85.5 Å². The molecule has 15 heavy (non-hydrogen) atoms. The molecule has 1 aliphatic rings. The van der Waals surface area contributed by atoms with Crippen LogP contribution in [0.4, 0.5) is 13.2 Å². The van der Waals surface area contributed by atoms with Crippen LogP contribution in [0.1, 0.15) is 30.1 Å². The van der Waals surface area contributed by atoms with Crippen molar-refractivity contribution in [2.75, 3.05) is 6.54 Å². The first-order valence-electron chi connectivity index (χ1n) is 4.84. The van der Waals surface area contributed by atoms with E-state index in [0.717, 1.165) is 25.5 Å². The number of nitrogens with one attached hydrogen (secondary N) is 1. The van der Waals surface area contributed by atoms with Gasteiger partial charge < -0.3 is 5.32 Å². The van der Waals surface area contributed by atoms with Gasteiger partial charge in [-0.15, -0.1) is 0 Å². The predicted molar refractivity (Wildman–Crippen MR) is 49.2 cm³/mol. The lowest BCUT2D eigenvalue weighted by Crippen LogP contribution is -2.19. The van der Waals surface area contributed by atoms with Crippen molar-refractivity contribution in [2.24, 2.45) is 0 Å². The maximum atomic E-state index is 12.6. The van der Waals surface area contributed by atoms with E-state index >= 15 is 0 Å². The lowest BCUT2D eigenvalue weighted by atomic mass is 10.1. The quantitative estimate of drug-likeness (QED) is 0.780. The van der Waals surface area contributed by atoms with Crippen molar-refractivity contribution < 1.29 is 13.2 Å². The van der Waals surface area contributed by atoms with Crippen molar-refractivity contribution in [1.82, 2.24) is 10.3 Å². The molecule has 1 saturated heterocycles. The molecule has 0 aliphatic carbocycles. The van der Waals surface area contributed by atoms with Crippen LogP contribution in [0.3, 0.4) is 0 Å². The summed E-state index contributed by atoms with van der Waals surface area (Å²) in [6.07, 6.45) is -1.28. The topological polar surface area (TPSA) is 24.9 Å². The highest BCUT2D eigenvalue weighted by molar-refractivity contribution is 5.26. The SMILES string of the molecule is FC(F)(F)c1cccnc1[C@H]1CCCN1. The fourth-order valence-electron chi connectivity index (χ4n) is 1.85. The number of hydrogen-bond acceptors (Lipinski definition) is 2. The minimum absolute atomic E-state index is 0.127. The molecule has 0 bridgehead atoms. The molecule has 1 atom stereocenters. The molecule has 1 N–H and O–H groups in total. The number of halogens is 3. The molecule has 0 spiro atoms. The lowest BCUT2D eigenvalue weighted by Gasteiger charge is -2.16. The van der Waals surface area contributed by atoms with Gasteiger partial charge in [-0.3, -0.25) is 4.98 Å². The lowest BCUT2D eigenvalue weighted by molar-refractivity contribution is -0.138. The Morgan fingerprint density at radius 1 is 1.40 bits per heavy atom. The van der Waals surface area contributed by atoms with E-state index in [4.69, 9.17) is 0 Å². The molecule has 2 nitrogen and oxygen atoms in total. The predicted octanol–water partition coefficient (Wildman–Crippen LogP) is 2.52. The second-order valence-corrected chi connectivity index (χ2v) is 3.58. The van der Waals surface area contributed by atoms with Gasteiger partial charge in [0, 0.05) is 6.20 Å². The Morgan fingerprint density at radius 3 is 2.80 bits per heavy atom. The summed E-state index contributed by atoms with van der Waals surface area (Å²) in [7, 11) is 0. The Morgan fingerprint density at radius 2 is 2.20 bits per heavy atom. The van der Waals surface area contributed by atoms with Gasteiger partial charge in [-0.2, -0.15) is 13.2 Å². The molecule has 0 saturated carbocycles. The molecule has 2 rings (SSSR count). The molecule has 1 aliphatic heterocycles. The summed E-state index contributed by atoms with van der Waals surface area (Å²) in [6.45, 7) is 0.762. The molecule has 1 aromatic rings. The van der Waals surface area contributed by atoms with Crippen molar-refractivity contribution in [3.8, 4) is 0 Å². The smallest absolute Gasteiger partial charge is 0.309 e. The molecular weight excluding hydrogens is 205 g/mol. The molecule has 0 radical (unpaired) electrons. The van der Waals surface area contributed by atoms with Crippen LogP contribution in [0.25, 0.3) is 0 Å². The summed E-state index contributed by atoms with van der Waals surface area (Å²) in [6, 6.07) is 2.16. The third kappa shape index (κ3) is 2.12. The Bertz CT molecular complexity index is 343. The van der Waals surface area contributed by atoms with Gasteiger partial charge in [0.25, 0.3) is 0 Å². The molecule has 1 fully saturated rings. The standard InChI is InChI=1S/C10H11F3N2/c11-10(12,13)7-3-1-6-15-9(7)8-4-2-5-14-8/h1,3,6,8,14H,2,4-5H2/t8-/m1/s1. The molecule has 0 amide bonds. The van der Waals surface area contributed by atoms with Crippen molar-refractivity contribution in [2.45, 2.75) is 25.1 Å². The first kappa shape index (κ1) is 10.4. The average molecular weight is 216 g/mol. The monoisotopic (exact) mass is 216 g/mol. The summed E-state index contributed by atoms with van der Waals surface area (Å²) in [4.78, 5) is 3.84. The largest absolute Gasteiger partial charge is 0.418 e. The number of hydrogen-bond donors (Lipinski definition) is 1. The Kier molecular flexibility index (Phi) is 2.65. The maximum Gasteiger partial charge on any atom is 0.418 e. The van der Waals surface area contributed by atoms with Crippen LogP contribution in [0.15, 0.2) is 18.3 Å². The van der Waals surface area contributed by atoms with Crippen LogP contribution < -0.4 is 5.32 Å². The van der Waals surface area contributed by atoms with Crippen LogP contribution in [0.2, 0.25) is 0 Å². The summed E-state index contributed by atoms with van der Waals surface area (Å²) in [5.74, 6) is 0. The fourth-order valence-corrected chi connectivity index (χ4v) is 1.85. The third-order valence-electron chi connectivity index (χ3n) is 2.53. The highest BCUT2D eigenvalue weighted by Gasteiger charge is 2.36. The van der Waals surface area contributed by atoms with Crippen LogP contribution in [0, 0.1) is 0 Å².